The molecule has 2 rings (SSSR count). The Morgan fingerprint density at radius 2 is 1.96 bits per heavy atom. The molecule has 4 nitrogen and oxygen atoms in total. The third-order valence-electron chi connectivity index (χ3n) is 5.49. The van der Waals surface area contributed by atoms with Gasteiger partial charge in [-0.25, -0.2) is 0 Å². The number of halogens is 1. The molecule has 1 aliphatic rings. The molecule has 142 valence electrons. The Kier molecular flexibility index (Phi) is 8.23. The van der Waals surface area contributed by atoms with Crippen LogP contribution in [0.25, 0.3) is 0 Å². The highest BCUT2D eigenvalue weighted by Crippen LogP contribution is 2.43. The lowest BCUT2D eigenvalue weighted by Gasteiger charge is -2.34. The largest absolute Gasteiger partial charge is 0.497 e. The molecule has 0 saturated heterocycles. The van der Waals surface area contributed by atoms with E-state index in [0.29, 0.717) is 12.5 Å². The summed E-state index contributed by atoms with van der Waals surface area (Å²) in [5, 5.41) is 0. The van der Waals surface area contributed by atoms with Gasteiger partial charge >= 0.3 is 0 Å². The zero-order valence-electron chi connectivity index (χ0n) is 16.0. The van der Waals surface area contributed by atoms with Gasteiger partial charge in [0.2, 0.25) is 5.91 Å². The van der Waals surface area contributed by atoms with Gasteiger partial charge in [-0.05, 0) is 42.9 Å². The molecule has 1 fully saturated rings. The second kappa shape index (κ2) is 9.44. The maximum atomic E-state index is 13.3. The smallest absolute Gasteiger partial charge is 0.232 e. The van der Waals surface area contributed by atoms with E-state index in [2.05, 4.69) is 19.9 Å². The van der Waals surface area contributed by atoms with Crippen molar-refractivity contribution in [2.24, 2.45) is 11.7 Å². The molecule has 0 radical (unpaired) electrons. The second-order valence-corrected chi connectivity index (χ2v) is 7.44. The van der Waals surface area contributed by atoms with E-state index in [9.17, 15) is 4.79 Å². The Morgan fingerprint density at radius 3 is 2.52 bits per heavy atom. The maximum absolute atomic E-state index is 13.3. The van der Waals surface area contributed by atoms with E-state index >= 15 is 0 Å². The molecule has 2 N–H and O–H groups in total. The fourth-order valence-corrected chi connectivity index (χ4v) is 3.67. The molecule has 1 atom stereocenters. The van der Waals surface area contributed by atoms with Crippen molar-refractivity contribution in [3.05, 3.63) is 29.8 Å². The van der Waals surface area contributed by atoms with E-state index in [0.717, 1.165) is 43.4 Å². The number of likely N-dealkylation sites (N-methyl/N-ethyl adjacent to an activating group) is 1. The van der Waals surface area contributed by atoms with Gasteiger partial charge in [-0.3, -0.25) is 4.79 Å². The van der Waals surface area contributed by atoms with Crippen molar-refractivity contribution < 1.29 is 9.53 Å². The quantitative estimate of drug-likeness (QED) is 0.797. The SMILES string of the molecule is COc1cccc(C2(C(=O)N(C)CCC(N)C(C)C)CCCC2)c1.Cl. The van der Waals surface area contributed by atoms with Gasteiger partial charge in [-0.1, -0.05) is 38.8 Å². The van der Waals surface area contributed by atoms with Crippen LogP contribution in [0.3, 0.4) is 0 Å². The molecule has 0 aliphatic heterocycles. The molecule has 5 heteroatoms. The lowest BCUT2D eigenvalue weighted by molar-refractivity contribution is -0.136. The predicted molar refractivity (Wildman–Crippen MR) is 105 cm³/mol. The van der Waals surface area contributed by atoms with Gasteiger partial charge in [0.1, 0.15) is 5.75 Å². The van der Waals surface area contributed by atoms with Crippen molar-refractivity contribution in [2.45, 2.75) is 57.4 Å². The number of hydrogen-bond donors (Lipinski definition) is 1. The molecule has 1 saturated carbocycles. The minimum absolute atomic E-state index is 0. The van der Waals surface area contributed by atoms with E-state index in [1.54, 1.807) is 7.11 Å². The first-order valence-electron chi connectivity index (χ1n) is 9.06. The van der Waals surface area contributed by atoms with Crippen LogP contribution in [0, 0.1) is 5.92 Å². The fraction of sp³-hybridized carbons (Fsp3) is 0.650. The first kappa shape index (κ1) is 21.8. The second-order valence-electron chi connectivity index (χ2n) is 7.44. The zero-order valence-corrected chi connectivity index (χ0v) is 16.8. The topological polar surface area (TPSA) is 55.6 Å². The molecule has 1 aromatic rings. The van der Waals surface area contributed by atoms with Crippen molar-refractivity contribution >= 4 is 18.3 Å². The standard InChI is InChI=1S/C20H32N2O2.ClH/c1-15(2)18(21)10-13-22(3)19(23)20(11-5-6-12-20)16-8-7-9-17(14-16)24-4;/h7-9,14-15,18H,5-6,10-13,21H2,1-4H3;1H. The summed E-state index contributed by atoms with van der Waals surface area (Å²) in [6, 6.07) is 8.14. The number of methoxy groups -OCH3 is 1. The summed E-state index contributed by atoms with van der Waals surface area (Å²) in [7, 11) is 3.58. The number of carbonyl (C=O) groups is 1. The number of nitrogens with zero attached hydrogens (tertiary/aromatic N) is 1. The number of carbonyl (C=O) groups excluding carboxylic acids is 1. The summed E-state index contributed by atoms with van der Waals surface area (Å²) in [4.78, 5) is 15.2. The van der Waals surface area contributed by atoms with E-state index in [-0.39, 0.29) is 24.4 Å². The number of nitrogens with two attached hydrogens (primary N) is 1. The molecule has 0 spiro atoms. The molecule has 25 heavy (non-hydrogen) atoms. The minimum Gasteiger partial charge on any atom is -0.497 e. The van der Waals surface area contributed by atoms with Gasteiger partial charge in [0.05, 0.1) is 12.5 Å². The van der Waals surface area contributed by atoms with Crippen molar-refractivity contribution in [3.8, 4) is 5.75 Å². The van der Waals surface area contributed by atoms with Gasteiger partial charge in [0.25, 0.3) is 0 Å². The average molecular weight is 369 g/mol. The van der Waals surface area contributed by atoms with Gasteiger partial charge in [-0.2, -0.15) is 0 Å². The number of rotatable bonds is 7. The Labute approximate surface area is 158 Å². The molecular formula is C20H33ClN2O2. The third kappa shape index (κ3) is 4.89. The highest BCUT2D eigenvalue weighted by atomic mass is 35.5. The Balaban J connectivity index is 0.00000312. The summed E-state index contributed by atoms with van der Waals surface area (Å²) in [5.41, 5.74) is 6.84. The summed E-state index contributed by atoms with van der Waals surface area (Å²) < 4.78 is 5.36. The number of benzene rings is 1. The average Bonchev–Trinajstić information content (AvgIpc) is 3.09. The van der Waals surface area contributed by atoms with Crippen LogP contribution in [-0.4, -0.2) is 37.6 Å². The molecule has 0 bridgehead atoms. The summed E-state index contributed by atoms with van der Waals surface area (Å²) >= 11 is 0. The number of hydrogen-bond acceptors (Lipinski definition) is 3. The monoisotopic (exact) mass is 368 g/mol. The molecular weight excluding hydrogens is 336 g/mol. The summed E-state index contributed by atoms with van der Waals surface area (Å²) in [6.07, 6.45) is 4.87. The number of amides is 1. The van der Waals surface area contributed by atoms with Gasteiger partial charge in [0, 0.05) is 19.6 Å². The van der Waals surface area contributed by atoms with Crippen LogP contribution in [0.5, 0.6) is 5.75 Å². The normalized spacial score (nSPS) is 17.0. The van der Waals surface area contributed by atoms with Crippen LogP contribution < -0.4 is 10.5 Å². The zero-order chi connectivity index (χ0) is 17.7. The molecule has 1 aliphatic carbocycles. The van der Waals surface area contributed by atoms with Crippen LogP contribution in [0.2, 0.25) is 0 Å². The Bertz CT molecular complexity index is 556. The van der Waals surface area contributed by atoms with Crippen LogP contribution in [0.1, 0.15) is 51.5 Å². The predicted octanol–water partition coefficient (Wildman–Crippen LogP) is 3.76. The molecule has 1 aromatic carbocycles. The summed E-state index contributed by atoms with van der Waals surface area (Å²) in [5.74, 6) is 1.48. The minimum atomic E-state index is -0.398. The molecule has 1 unspecified atom stereocenters. The maximum Gasteiger partial charge on any atom is 0.232 e. The van der Waals surface area contributed by atoms with Crippen LogP contribution in [0.4, 0.5) is 0 Å². The molecule has 0 heterocycles. The lowest BCUT2D eigenvalue weighted by Crippen LogP contribution is -2.45. The van der Waals surface area contributed by atoms with E-state index in [1.807, 2.05) is 30.1 Å². The first-order valence-corrected chi connectivity index (χ1v) is 9.06. The first-order chi connectivity index (χ1) is 11.4. The highest BCUT2D eigenvalue weighted by molar-refractivity contribution is 5.88. The Morgan fingerprint density at radius 1 is 1.32 bits per heavy atom. The van der Waals surface area contributed by atoms with Crippen molar-refractivity contribution in [1.29, 1.82) is 0 Å². The van der Waals surface area contributed by atoms with Crippen molar-refractivity contribution in [1.82, 2.24) is 4.90 Å². The van der Waals surface area contributed by atoms with Crippen molar-refractivity contribution in [2.75, 3.05) is 20.7 Å². The van der Waals surface area contributed by atoms with Crippen LogP contribution >= 0.6 is 12.4 Å². The van der Waals surface area contributed by atoms with Gasteiger partial charge in [-0.15, -0.1) is 12.4 Å². The number of ether oxygens (including phenoxy) is 1. The molecule has 1 amide bonds. The molecule has 0 aromatic heterocycles. The third-order valence-corrected chi connectivity index (χ3v) is 5.49. The van der Waals surface area contributed by atoms with Gasteiger partial charge in [0.15, 0.2) is 0 Å². The van der Waals surface area contributed by atoms with E-state index < -0.39 is 5.41 Å². The van der Waals surface area contributed by atoms with Gasteiger partial charge < -0.3 is 15.4 Å². The van der Waals surface area contributed by atoms with Crippen LogP contribution in [0.15, 0.2) is 24.3 Å². The summed E-state index contributed by atoms with van der Waals surface area (Å²) in [6.45, 7) is 4.96. The van der Waals surface area contributed by atoms with E-state index in [4.69, 9.17) is 10.5 Å². The van der Waals surface area contributed by atoms with Crippen molar-refractivity contribution in [3.63, 3.8) is 0 Å². The Hall–Kier alpha value is -1.26. The lowest BCUT2D eigenvalue weighted by atomic mass is 9.77. The van der Waals surface area contributed by atoms with E-state index in [1.165, 1.54) is 0 Å². The fourth-order valence-electron chi connectivity index (χ4n) is 3.67. The highest BCUT2D eigenvalue weighted by Gasteiger charge is 2.44. The van der Waals surface area contributed by atoms with Crippen LogP contribution in [-0.2, 0) is 10.2 Å².